The smallest absolute Gasteiger partial charge is 0.267 e. The maximum absolute atomic E-state index is 13.3. The van der Waals surface area contributed by atoms with Gasteiger partial charge in [0.1, 0.15) is 5.75 Å². The number of amides is 1. The summed E-state index contributed by atoms with van der Waals surface area (Å²) in [7, 11) is -3.88. The van der Waals surface area contributed by atoms with Gasteiger partial charge >= 0.3 is 0 Å². The molecule has 0 bridgehead atoms. The second-order valence-corrected chi connectivity index (χ2v) is 8.81. The van der Waals surface area contributed by atoms with Crippen LogP contribution in [0.2, 0.25) is 0 Å². The number of sulfonamides is 1. The lowest BCUT2D eigenvalue weighted by Gasteiger charge is -2.34. The van der Waals surface area contributed by atoms with Crippen molar-refractivity contribution in [2.24, 2.45) is 0 Å². The number of rotatable bonds is 5. The highest BCUT2D eigenvalue weighted by Crippen LogP contribution is 2.36. The lowest BCUT2D eigenvalue weighted by Crippen LogP contribution is -2.48. The summed E-state index contributed by atoms with van der Waals surface area (Å²) in [5.41, 5.74) is 1.76. The van der Waals surface area contributed by atoms with Gasteiger partial charge < -0.3 is 10.1 Å². The molecule has 1 aliphatic rings. The van der Waals surface area contributed by atoms with Gasteiger partial charge in [-0.3, -0.25) is 9.10 Å². The van der Waals surface area contributed by atoms with Gasteiger partial charge in [0.15, 0.2) is 6.10 Å². The van der Waals surface area contributed by atoms with E-state index in [-0.39, 0.29) is 17.9 Å². The Labute approximate surface area is 180 Å². The number of nitrogens with zero attached hydrogens (tertiary/aromatic N) is 2. The van der Waals surface area contributed by atoms with Crippen molar-refractivity contribution in [3.8, 4) is 11.8 Å². The van der Waals surface area contributed by atoms with E-state index in [1.807, 2.05) is 0 Å². The fraction of sp³-hybridized carbons (Fsp3) is 0.130. The van der Waals surface area contributed by atoms with Gasteiger partial charge in [-0.2, -0.15) is 5.26 Å². The van der Waals surface area contributed by atoms with E-state index in [1.165, 1.54) is 16.4 Å². The zero-order chi connectivity index (χ0) is 21.8. The molecule has 0 spiro atoms. The third-order valence-corrected chi connectivity index (χ3v) is 6.66. The SMILES string of the molecule is N#CCc1ccc(NC(=O)[C@@H]2CN(S(=O)(=O)c3ccccc3)c3ccccc3O2)cc1. The van der Waals surface area contributed by atoms with Crippen LogP contribution in [0.4, 0.5) is 11.4 Å². The maximum atomic E-state index is 13.3. The lowest BCUT2D eigenvalue weighted by molar-refractivity contribution is -0.122. The summed E-state index contributed by atoms with van der Waals surface area (Å²) < 4.78 is 33.6. The number of fused-ring (bicyclic) bond motifs is 1. The van der Waals surface area contributed by atoms with E-state index in [0.717, 1.165) is 5.56 Å². The zero-order valence-electron chi connectivity index (χ0n) is 16.4. The fourth-order valence-corrected chi connectivity index (χ4v) is 4.80. The predicted molar refractivity (Wildman–Crippen MR) is 116 cm³/mol. The minimum absolute atomic E-state index is 0.138. The van der Waals surface area contributed by atoms with Crippen molar-refractivity contribution in [3.05, 3.63) is 84.4 Å². The lowest BCUT2D eigenvalue weighted by atomic mass is 10.1. The molecule has 3 aromatic carbocycles. The number of ether oxygens (including phenoxy) is 1. The van der Waals surface area contributed by atoms with Crippen LogP contribution >= 0.6 is 0 Å². The molecule has 1 atom stereocenters. The van der Waals surface area contributed by atoms with Crippen LogP contribution < -0.4 is 14.4 Å². The van der Waals surface area contributed by atoms with E-state index < -0.39 is 22.0 Å². The van der Waals surface area contributed by atoms with Crippen molar-refractivity contribution in [3.63, 3.8) is 0 Å². The normalized spacial score (nSPS) is 15.3. The first kappa shape index (κ1) is 20.4. The van der Waals surface area contributed by atoms with E-state index in [1.54, 1.807) is 66.7 Å². The van der Waals surface area contributed by atoms with Crippen LogP contribution in [0.25, 0.3) is 0 Å². The van der Waals surface area contributed by atoms with Gasteiger partial charge in [-0.05, 0) is 42.0 Å². The molecule has 1 heterocycles. The van der Waals surface area contributed by atoms with E-state index in [0.29, 0.717) is 17.1 Å². The highest BCUT2D eigenvalue weighted by Gasteiger charge is 2.37. The third-order valence-electron chi connectivity index (χ3n) is 4.86. The Morgan fingerprint density at radius 1 is 1.03 bits per heavy atom. The molecule has 0 saturated carbocycles. The van der Waals surface area contributed by atoms with Gasteiger partial charge in [0, 0.05) is 5.69 Å². The van der Waals surface area contributed by atoms with Gasteiger partial charge in [0.25, 0.3) is 15.9 Å². The van der Waals surface area contributed by atoms with E-state index >= 15 is 0 Å². The van der Waals surface area contributed by atoms with Crippen LogP contribution in [0.5, 0.6) is 5.75 Å². The summed E-state index contributed by atoms with van der Waals surface area (Å²) in [6.07, 6.45) is -0.754. The first-order valence-electron chi connectivity index (χ1n) is 9.59. The number of nitrogens with one attached hydrogen (secondary N) is 1. The number of anilines is 2. The number of hydrogen-bond acceptors (Lipinski definition) is 5. The molecule has 156 valence electrons. The molecule has 0 aliphatic carbocycles. The van der Waals surface area contributed by atoms with Gasteiger partial charge in [-0.15, -0.1) is 0 Å². The minimum atomic E-state index is -3.88. The summed E-state index contributed by atoms with van der Waals surface area (Å²) in [6.45, 7) is -0.160. The Morgan fingerprint density at radius 3 is 2.42 bits per heavy atom. The number of carbonyl (C=O) groups excluding carboxylic acids is 1. The average Bonchev–Trinajstić information content (AvgIpc) is 2.80. The molecule has 7 nitrogen and oxygen atoms in total. The highest BCUT2D eigenvalue weighted by molar-refractivity contribution is 7.92. The summed E-state index contributed by atoms with van der Waals surface area (Å²) in [6, 6.07) is 23.8. The molecule has 31 heavy (non-hydrogen) atoms. The van der Waals surface area contributed by atoms with Gasteiger partial charge in [-0.25, -0.2) is 8.42 Å². The molecule has 1 amide bonds. The molecule has 0 unspecified atom stereocenters. The van der Waals surface area contributed by atoms with Gasteiger partial charge in [0.2, 0.25) is 0 Å². The molecular formula is C23H19N3O4S. The maximum Gasteiger partial charge on any atom is 0.267 e. The molecule has 1 N–H and O–H groups in total. The number of hydrogen-bond donors (Lipinski definition) is 1. The molecule has 8 heteroatoms. The van der Waals surface area contributed by atoms with Crippen LogP contribution in [-0.4, -0.2) is 27.0 Å². The first-order chi connectivity index (χ1) is 15.0. The van der Waals surface area contributed by atoms with Crippen molar-refractivity contribution in [2.75, 3.05) is 16.2 Å². The Bertz CT molecular complexity index is 1240. The molecular weight excluding hydrogens is 414 g/mol. The Hall–Kier alpha value is -3.83. The van der Waals surface area contributed by atoms with Crippen LogP contribution in [0.15, 0.2) is 83.8 Å². The summed E-state index contributed by atoms with van der Waals surface area (Å²) in [5, 5.41) is 11.5. The van der Waals surface area contributed by atoms with Crippen LogP contribution in [-0.2, 0) is 21.2 Å². The largest absolute Gasteiger partial charge is 0.476 e. The first-order valence-corrected chi connectivity index (χ1v) is 11.0. The Morgan fingerprint density at radius 2 is 1.71 bits per heavy atom. The van der Waals surface area contributed by atoms with Crippen molar-refractivity contribution in [1.29, 1.82) is 5.26 Å². The molecule has 4 rings (SSSR count). The quantitative estimate of drug-likeness (QED) is 0.665. The number of benzene rings is 3. The van der Waals surface area contributed by atoms with Gasteiger partial charge in [0.05, 0.1) is 29.6 Å². The molecule has 1 aliphatic heterocycles. The molecule has 3 aromatic rings. The zero-order valence-corrected chi connectivity index (χ0v) is 17.2. The minimum Gasteiger partial charge on any atom is -0.476 e. The summed E-state index contributed by atoms with van der Waals surface area (Å²) >= 11 is 0. The second kappa shape index (κ2) is 8.50. The number of nitriles is 1. The third kappa shape index (κ3) is 4.22. The van der Waals surface area contributed by atoms with Crippen molar-refractivity contribution in [2.45, 2.75) is 17.4 Å². The molecule has 0 aromatic heterocycles. The molecule has 0 radical (unpaired) electrons. The standard InChI is InChI=1S/C23H19N3O4S/c24-15-14-17-10-12-18(13-11-17)25-23(27)22-16-26(20-8-4-5-9-21(20)30-22)31(28,29)19-6-2-1-3-7-19/h1-13,22H,14,16H2,(H,25,27)/t22-/m0/s1. The van der Waals surface area contributed by atoms with Crippen LogP contribution in [0.1, 0.15) is 5.56 Å². The van der Waals surface area contributed by atoms with E-state index in [2.05, 4.69) is 11.4 Å². The number of carbonyl (C=O) groups is 1. The monoisotopic (exact) mass is 433 g/mol. The average molecular weight is 433 g/mol. The second-order valence-electron chi connectivity index (χ2n) is 6.94. The number of para-hydroxylation sites is 2. The summed E-state index contributed by atoms with van der Waals surface area (Å²) in [5.74, 6) is -0.145. The Kier molecular flexibility index (Phi) is 5.60. The van der Waals surface area contributed by atoms with Crippen LogP contribution in [0.3, 0.4) is 0 Å². The Balaban J connectivity index is 1.61. The van der Waals surface area contributed by atoms with Gasteiger partial charge in [-0.1, -0.05) is 42.5 Å². The van der Waals surface area contributed by atoms with Crippen molar-refractivity contribution >= 4 is 27.3 Å². The van der Waals surface area contributed by atoms with Crippen molar-refractivity contribution in [1.82, 2.24) is 0 Å². The summed E-state index contributed by atoms with van der Waals surface area (Å²) in [4.78, 5) is 13.0. The van der Waals surface area contributed by atoms with Crippen LogP contribution in [0, 0.1) is 11.3 Å². The molecule has 0 saturated heterocycles. The molecule has 0 fully saturated rings. The predicted octanol–water partition coefficient (Wildman–Crippen LogP) is 3.35. The highest BCUT2D eigenvalue weighted by atomic mass is 32.2. The topological polar surface area (TPSA) is 99.5 Å². The van der Waals surface area contributed by atoms with E-state index in [4.69, 9.17) is 10.00 Å². The van der Waals surface area contributed by atoms with Crippen molar-refractivity contribution < 1.29 is 17.9 Å². The van der Waals surface area contributed by atoms with E-state index in [9.17, 15) is 13.2 Å². The fourth-order valence-electron chi connectivity index (χ4n) is 3.31.